The quantitative estimate of drug-likeness (QED) is 0.818. The van der Waals surface area contributed by atoms with Gasteiger partial charge in [0.15, 0.2) is 0 Å². The maximum atomic E-state index is 12.7. The van der Waals surface area contributed by atoms with Crippen LogP contribution in [-0.4, -0.2) is 17.8 Å². The van der Waals surface area contributed by atoms with Gasteiger partial charge >= 0.3 is 0 Å². The second kappa shape index (κ2) is 6.83. The molecule has 1 aliphatic rings. The molecule has 116 valence electrons. The minimum atomic E-state index is -0.0353. The van der Waals surface area contributed by atoms with Gasteiger partial charge in [0, 0.05) is 17.5 Å². The summed E-state index contributed by atoms with van der Waals surface area (Å²) in [5.74, 6) is 1.08. The van der Waals surface area contributed by atoms with Gasteiger partial charge in [-0.15, -0.1) is 11.6 Å². The zero-order valence-corrected chi connectivity index (χ0v) is 14.0. The molecule has 1 aromatic rings. The van der Waals surface area contributed by atoms with Gasteiger partial charge in [0.25, 0.3) is 5.91 Å². The Morgan fingerprint density at radius 3 is 2.57 bits per heavy atom. The van der Waals surface area contributed by atoms with E-state index < -0.39 is 0 Å². The first-order valence-electron chi connectivity index (χ1n) is 7.90. The van der Waals surface area contributed by atoms with Gasteiger partial charge < -0.3 is 5.32 Å². The van der Waals surface area contributed by atoms with Crippen molar-refractivity contribution in [2.45, 2.75) is 57.9 Å². The molecule has 1 amide bonds. The Morgan fingerprint density at radius 1 is 1.24 bits per heavy atom. The highest BCUT2D eigenvalue weighted by Crippen LogP contribution is 2.28. The lowest BCUT2D eigenvalue weighted by Gasteiger charge is -2.31. The second-order valence-corrected chi connectivity index (χ2v) is 7.38. The first-order valence-corrected chi connectivity index (χ1v) is 8.43. The molecule has 0 bridgehead atoms. The average molecular weight is 308 g/mol. The van der Waals surface area contributed by atoms with Crippen LogP contribution in [0.15, 0.2) is 24.3 Å². The van der Waals surface area contributed by atoms with Crippen LogP contribution >= 0.6 is 11.6 Å². The molecule has 2 rings (SSSR count). The van der Waals surface area contributed by atoms with Gasteiger partial charge in [0.1, 0.15) is 0 Å². The number of nitrogens with one attached hydrogen (secondary N) is 1. The third kappa shape index (κ3) is 4.00. The van der Waals surface area contributed by atoms with E-state index in [1.54, 1.807) is 0 Å². The molecule has 1 aromatic carbocycles. The number of alkyl halides is 1. The SMILES string of the molecule is CC(C)(C)c1ccccc1C(=O)NC1CCCCC1CCl. The topological polar surface area (TPSA) is 29.1 Å². The van der Waals surface area contributed by atoms with Crippen LogP contribution in [0.2, 0.25) is 0 Å². The number of rotatable bonds is 3. The molecule has 2 nitrogen and oxygen atoms in total. The highest BCUT2D eigenvalue weighted by molar-refractivity contribution is 6.18. The van der Waals surface area contributed by atoms with E-state index in [4.69, 9.17) is 11.6 Å². The van der Waals surface area contributed by atoms with Crippen molar-refractivity contribution in [1.29, 1.82) is 0 Å². The molecule has 1 fully saturated rings. The predicted octanol–water partition coefficient (Wildman–Crippen LogP) is 4.51. The first kappa shape index (κ1) is 16.4. The smallest absolute Gasteiger partial charge is 0.251 e. The van der Waals surface area contributed by atoms with E-state index in [0.29, 0.717) is 11.8 Å². The largest absolute Gasteiger partial charge is 0.349 e. The summed E-state index contributed by atoms with van der Waals surface area (Å²) in [4.78, 5) is 12.7. The van der Waals surface area contributed by atoms with Crippen molar-refractivity contribution < 1.29 is 4.79 Å². The monoisotopic (exact) mass is 307 g/mol. The summed E-state index contributed by atoms with van der Waals surface area (Å²) >= 11 is 6.06. The molecule has 0 aromatic heterocycles. The lowest BCUT2D eigenvalue weighted by Crippen LogP contribution is -2.43. The third-order valence-corrected chi connectivity index (χ3v) is 4.80. The molecular weight excluding hydrogens is 282 g/mol. The molecule has 1 N–H and O–H groups in total. The maximum absolute atomic E-state index is 12.7. The van der Waals surface area contributed by atoms with Gasteiger partial charge in [-0.3, -0.25) is 4.79 Å². The van der Waals surface area contributed by atoms with Crippen LogP contribution in [0, 0.1) is 5.92 Å². The van der Waals surface area contributed by atoms with Crippen LogP contribution in [0.25, 0.3) is 0 Å². The van der Waals surface area contributed by atoms with Crippen molar-refractivity contribution in [2.75, 3.05) is 5.88 Å². The van der Waals surface area contributed by atoms with Gasteiger partial charge in [-0.2, -0.15) is 0 Å². The van der Waals surface area contributed by atoms with Crippen LogP contribution in [0.4, 0.5) is 0 Å². The summed E-state index contributed by atoms with van der Waals surface area (Å²) in [6, 6.07) is 8.13. The van der Waals surface area contributed by atoms with Crippen molar-refractivity contribution in [2.24, 2.45) is 5.92 Å². The average Bonchev–Trinajstić information content (AvgIpc) is 2.47. The van der Waals surface area contributed by atoms with E-state index >= 15 is 0 Å². The van der Waals surface area contributed by atoms with Gasteiger partial charge in [0.05, 0.1) is 0 Å². The van der Waals surface area contributed by atoms with Crippen LogP contribution < -0.4 is 5.32 Å². The summed E-state index contributed by atoms with van der Waals surface area (Å²) in [6.45, 7) is 6.42. The summed E-state index contributed by atoms with van der Waals surface area (Å²) in [5, 5.41) is 3.23. The standard InChI is InChI=1S/C18H26ClNO/c1-18(2,3)15-10-6-5-9-14(15)17(21)20-16-11-7-4-8-13(16)12-19/h5-6,9-10,13,16H,4,7-8,11-12H2,1-3H3,(H,20,21). The van der Waals surface area contributed by atoms with Gasteiger partial charge in [-0.05, 0) is 35.8 Å². The van der Waals surface area contributed by atoms with E-state index in [0.717, 1.165) is 24.0 Å². The van der Waals surface area contributed by atoms with Gasteiger partial charge in [0.2, 0.25) is 0 Å². The van der Waals surface area contributed by atoms with Crippen molar-refractivity contribution >= 4 is 17.5 Å². The first-order chi connectivity index (χ1) is 9.93. The molecule has 2 unspecified atom stereocenters. The van der Waals surface area contributed by atoms with E-state index in [1.807, 2.05) is 18.2 Å². The van der Waals surface area contributed by atoms with Crippen LogP contribution in [-0.2, 0) is 5.41 Å². The lowest BCUT2D eigenvalue weighted by atomic mass is 9.82. The number of halogens is 1. The third-order valence-electron chi connectivity index (χ3n) is 4.40. The highest BCUT2D eigenvalue weighted by Gasteiger charge is 2.28. The number of hydrogen-bond acceptors (Lipinski definition) is 1. The Labute approximate surface area is 133 Å². The number of carbonyl (C=O) groups is 1. The summed E-state index contributed by atoms with van der Waals surface area (Å²) in [7, 11) is 0. The molecule has 0 spiro atoms. The highest BCUT2D eigenvalue weighted by atomic mass is 35.5. The molecule has 3 heteroatoms. The number of carbonyl (C=O) groups excluding carboxylic acids is 1. The van der Waals surface area contributed by atoms with E-state index in [1.165, 1.54) is 12.8 Å². The Kier molecular flexibility index (Phi) is 5.32. The van der Waals surface area contributed by atoms with E-state index in [-0.39, 0.29) is 17.4 Å². The molecule has 2 atom stereocenters. The molecule has 1 saturated carbocycles. The Balaban J connectivity index is 2.17. The summed E-state index contributed by atoms with van der Waals surface area (Å²) in [5.41, 5.74) is 1.86. The lowest BCUT2D eigenvalue weighted by molar-refractivity contribution is 0.0909. The molecule has 0 heterocycles. The zero-order chi connectivity index (χ0) is 15.5. The second-order valence-electron chi connectivity index (χ2n) is 7.07. The van der Waals surface area contributed by atoms with Crippen molar-refractivity contribution in [1.82, 2.24) is 5.32 Å². The fraction of sp³-hybridized carbons (Fsp3) is 0.611. The predicted molar refractivity (Wildman–Crippen MR) is 89.1 cm³/mol. The summed E-state index contributed by atoms with van der Waals surface area (Å²) < 4.78 is 0. The van der Waals surface area contributed by atoms with Crippen LogP contribution in [0.1, 0.15) is 62.4 Å². The molecule has 0 radical (unpaired) electrons. The maximum Gasteiger partial charge on any atom is 0.251 e. The van der Waals surface area contributed by atoms with Gasteiger partial charge in [-0.25, -0.2) is 0 Å². The molecular formula is C18H26ClNO. The fourth-order valence-corrected chi connectivity index (χ4v) is 3.53. The molecule has 0 aliphatic heterocycles. The van der Waals surface area contributed by atoms with Crippen molar-refractivity contribution in [3.63, 3.8) is 0 Å². The molecule has 1 aliphatic carbocycles. The Hall–Kier alpha value is -1.02. The molecule has 0 saturated heterocycles. The van der Waals surface area contributed by atoms with Crippen LogP contribution in [0.5, 0.6) is 0 Å². The summed E-state index contributed by atoms with van der Waals surface area (Å²) in [6.07, 6.45) is 4.57. The van der Waals surface area contributed by atoms with E-state index in [9.17, 15) is 4.79 Å². The Morgan fingerprint density at radius 2 is 1.90 bits per heavy atom. The van der Waals surface area contributed by atoms with Crippen molar-refractivity contribution in [3.05, 3.63) is 35.4 Å². The zero-order valence-electron chi connectivity index (χ0n) is 13.3. The van der Waals surface area contributed by atoms with Gasteiger partial charge in [-0.1, -0.05) is 51.8 Å². The Bertz CT molecular complexity index is 492. The number of amides is 1. The fourth-order valence-electron chi connectivity index (χ4n) is 3.16. The minimum Gasteiger partial charge on any atom is -0.349 e. The number of hydrogen-bond donors (Lipinski definition) is 1. The minimum absolute atomic E-state index is 0.0353. The van der Waals surface area contributed by atoms with Crippen molar-refractivity contribution in [3.8, 4) is 0 Å². The molecule has 21 heavy (non-hydrogen) atoms. The van der Waals surface area contributed by atoms with E-state index in [2.05, 4.69) is 32.2 Å². The normalized spacial score (nSPS) is 22.9. The van der Waals surface area contributed by atoms with Crippen LogP contribution in [0.3, 0.4) is 0 Å². The number of benzene rings is 1.